The van der Waals surface area contributed by atoms with Crippen LogP contribution in [0.15, 0.2) is 24.3 Å². The molecule has 0 aliphatic carbocycles. The number of hydrogen-bond donors (Lipinski definition) is 1. The van der Waals surface area contributed by atoms with Gasteiger partial charge in [-0.3, -0.25) is 4.79 Å². The molecule has 4 nitrogen and oxygen atoms in total. The Hall–Kier alpha value is -1.86. The van der Waals surface area contributed by atoms with Crippen molar-refractivity contribution >= 4 is 11.6 Å². The third-order valence-corrected chi connectivity index (χ3v) is 3.08. The minimum atomic E-state index is -0.116. The van der Waals surface area contributed by atoms with E-state index in [4.69, 9.17) is 5.26 Å². The number of nitriles is 1. The van der Waals surface area contributed by atoms with Crippen LogP contribution in [0.1, 0.15) is 25.8 Å². The van der Waals surface area contributed by atoms with E-state index in [0.717, 1.165) is 5.69 Å². The van der Waals surface area contributed by atoms with Gasteiger partial charge in [-0.15, -0.1) is 0 Å². The number of carbonyl (C=O) groups is 1. The predicted octanol–water partition coefficient (Wildman–Crippen LogP) is 1.66. The molecule has 4 heteroatoms. The molecule has 1 amide bonds. The van der Waals surface area contributed by atoms with Gasteiger partial charge in [0, 0.05) is 30.7 Å². The number of nitrogens with one attached hydrogen (secondary N) is 1. The van der Waals surface area contributed by atoms with E-state index in [1.54, 1.807) is 17.0 Å². The zero-order valence-corrected chi connectivity index (χ0v) is 10.7. The molecule has 94 valence electrons. The second-order valence-corrected chi connectivity index (χ2v) is 5.20. The topological polar surface area (TPSA) is 56.1 Å². The summed E-state index contributed by atoms with van der Waals surface area (Å²) >= 11 is 0. The highest BCUT2D eigenvalue weighted by Crippen LogP contribution is 2.21. The molecule has 1 N–H and O–H groups in total. The van der Waals surface area contributed by atoms with Gasteiger partial charge in [-0.25, -0.2) is 0 Å². The van der Waals surface area contributed by atoms with Crippen LogP contribution in [0, 0.1) is 11.3 Å². The lowest BCUT2D eigenvalue weighted by Crippen LogP contribution is -2.47. The fourth-order valence-electron chi connectivity index (χ4n) is 2.16. The highest BCUT2D eigenvalue weighted by Gasteiger charge is 2.28. The van der Waals surface area contributed by atoms with Crippen molar-refractivity contribution in [3.63, 3.8) is 0 Å². The highest BCUT2D eigenvalue weighted by molar-refractivity contribution is 5.94. The first kappa shape index (κ1) is 12.6. The summed E-state index contributed by atoms with van der Waals surface area (Å²) in [7, 11) is 0. The molecule has 1 saturated heterocycles. The van der Waals surface area contributed by atoms with E-state index < -0.39 is 0 Å². The molecule has 18 heavy (non-hydrogen) atoms. The first-order valence-corrected chi connectivity index (χ1v) is 6.07. The van der Waals surface area contributed by atoms with E-state index in [2.05, 4.69) is 25.2 Å². The molecule has 1 heterocycles. The summed E-state index contributed by atoms with van der Waals surface area (Å²) in [4.78, 5) is 13.9. The largest absolute Gasteiger partial charge is 0.311 e. The Labute approximate surface area is 107 Å². The van der Waals surface area contributed by atoms with Gasteiger partial charge in [-0.05, 0) is 32.0 Å². The molecule has 2 rings (SSSR count). The maximum absolute atomic E-state index is 12.1. The van der Waals surface area contributed by atoms with Crippen LogP contribution in [-0.2, 0) is 4.79 Å². The number of rotatable bonds is 1. The number of hydrogen-bond acceptors (Lipinski definition) is 3. The van der Waals surface area contributed by atoms with Crippen molar-refractivity contribution < 1.29 is 4.79 Å². The Morgan fingerprint density at radius 3 is 2.94 bits per heavy atom. The van der Waals surface area contributed by atoms with Crippen LogP contribution in [0.5, 0.6) is 0 Å². The van der Waals surface area contributed by atoms with Crippen LogP contribution < -0.4 is 10.2 Å². The van der Waals surface area contributed by atoms with E-state index in [0.29, 0.717) is 25.1 Å². The fraction of sp³-hybridized carbons (Fsp3) is 0.429. The summed E-state index contributed by atoms with van der Waals surface area (Å²) < 4.78 is 0. The lowest BCUT2D eigenvalue weighted by atomic mass is 10.1. The van der Waals surface area contributed by atoms with Gasteiger partial charge in [0.05, 0.1) is 11.6 Å². The average Bonchev–Trinajstić information content (AvgIpc) is 2.48. The first-order chi connectivity index (χ1) is 8.52. The van der Waals surface area contributed by atoms with E-state index in [1.807, 2.05) is 12.1 Å². The van der Waals surface area contributed by atoms with Crippen molar-refractivity contribution in [2.75, 3.05) is 18.0 Å². The molecule has 0 unspecified atom stereocenters. The predicted molar refractivity (Wildman–Crippen MR) is 70.2 cm³/mol. The number of nitrogens with zero attached hydrogens (tertiary/aromatic N) is 2. The zero-order chi connectivity index (χ0) is 13.2. The Bertz CT molecular complexity index is 502. The molecule has 0 bridgehead atoms. The van der Waals surface area contributed by atoms with E-state index >= 15 is 0 Å². The zero-order valence-electron chi connectivity index (χ0n) is 10.7. The second kappa shape index (κ2) is 4.79. The summed E-state index contributed by atoms with van der Waals surface area (Å²) in [5, 5.41) is 12.3. The van der Waals surface area contributed by atoms with Crippen molar-refractivity contribution in [2.24, 2.45) is 0 Å². The van der Waals surface area contributed by atoms with Gasteiger partial charge in [0.1, 0.15) is 0 Å². The summed E-state index contributed by atoms with van der Waals surface area (Å²) in [6.07, 6.45) is 0.486. The van der Waals surface area contributed by atoms with E-state index in [9.17, 15) is 4.79 Å². The van der Waals surface area contributed by atoms with Crippen molar-refractivity contribution in [2.45, 2.75) is 25.8 Å². The van der Waals surface area contributed by atoms with Gasteiger partial charge in [0.15, 0.2) is 0 Å². The minimum Gasteiger partial charge on any atom is -0.311 e. The Morgan fingerprint density at radius 1 is 1.44 bits per heavy atom. The molecule has 1 fully saturated rings. The Kier molecular flexibility index (Phi) is 3.35. The molecule has 1 aromatic carbocycles. The van der Waals surface area contributed by atoms with E-state index in [1.165, 1.54) is 0 Å². The third kappa shape index (κ3) is 2.69. The van der Waals surface area contributed by atoms with Crippen molar-refractivity contribution in [1.82, 2.24) is 5.32 Å². The maximum atomic E-state index is 12.1. The van der Waals surface area contributed by atoms with E-state index in [-0.39, 0.29) is 11.4 Å². The summed E-state index contributed by atoms with van der Waals surface area (Å²) in [5.41, 5.74) is 1.26. The van der Waals surface area contributed by atoms with Crippen LogP contribution in [-0.4, -0.2) is 24.5 Å². The van der Waals surface area contributed by atoms with Crippen molar-refractivity contribution in [1.29, 1.82) is 5.26 Å². The lowest BCUT2D eigenvalue weighted by molar-refractivity contribution is -0.118. The minimum absolute atomic E-state index is 0.100. The molecule has 0 radical (unpaired) electrons. The number of carbonyl (C=O) groups excluding carboxylic acids is 1. The van der Waals surface area contributed by atoms with Crippen LogP contribution >= 0.6 is 0 Å². The molecule has 0 saturated carbocycles. The third-order valence-electron chi connectivity index (χ3n) is 3.08. The van der Waals surface area contributed by atoms with Crippen LogP contribution in [0.25, 0.3) is 0 Å². The molecule has 0 atom stereocenters. The number of benzene rings is 1. The lowest BCUT2D eigenvalue weighted by Gasteiger charge is -2.30. The van der Waals surface area contributed by atoms with Crippen LogP contribution in [0.4, 0.5) is 5.69 Å². The summed E-state index contributed by atoms with van der Waals surface area (Å²) in [5.74, 6) is 0.100. The highest BCUT2D eigenvalue weighted by atomic mass is 16.2. The first-order valence-electron chi connectivity index (χ1n) is 6.07. The molecular weight excluding hydrogens is 226 g/mol. The average molecular weight is 243 g/mol. The molecule has 0 spiro atoms. The smallest absolute Gasteiger partial charge is 0.228 e. The maximum Gasteiger partial charge on any atom is 0.228 e. The molecule has 0 aromatic heterocycles. The Balaban J connectivity index is 2.34. The van der Waals surface area contributed by atoms with Gasteiger partial charge in [0.25, 0.3) is 0 Å². The van der Waals surface area contributed by atoms with Gasteiger partial charge in [-0.2, -0.15) is 5.26 Å². The van der Waals surface area contributed by atoms with Gasteiger partial charge >= 0.3 is 0 Å². The fourth-order valence-corrected chi connectivity index (χ4v) is 2.16. The summed E-state index contributed by atoms with van der Waals surface area (Å²) in [6, 6.07) is 9.30. The number of anilines is 1. The number of amides is 1. The molecule has 1 aliphatic heterocycles. The summed E-state index contributed by atoms with van der Waals surface area (Å²) in [6.45, 7) is 5.46. The van der Waals surface area contributed by atoms with Gasteiger partial charge < -0.3 is 10.2 Å². The quantitative estimate of drug-likeness (QED) is 0.816. The van der Waals surface area contributed by atoms with Crippen molar-refractivity contribution in [3.8, 4) is 6.07 Å². The van der Waals surface area contributed by atoms with Crippen LogP contribution in [0.2, 0.25) is 0 Å². The standard InChI is InChI=1S/C14H17N3O/c1-14(2)10-17(13(18)6-7-16-14)12-5-3-4-11(8-12)9-15/h3-5,8,16H,6-7,10H2,1-2H3. The SMILES string of the molecule is CC1(C)CN(c2cccc(C#N)c2)C(=O)CCN1. The molecule has 1 aromatic rings. The van der Waals surface area contributed by atoms with Gasteiger partial charge in [-0.1, -0.05) is 6.07 Å². The second-order valence-electron chi connectivity index (χ2n) is 5.20. The van der Waals surface area contributed by atoms with Gasteiger partial charge in [0.2, 0.25) is 5.91 Å². The van der Waals surface area contributed by atoms with Crippen LogP contribution in [0.3, 0.4) is 0 Å². The molecular formula is C14H17N3O. The normalized spacial score (nSPS) is 19.2. The monoisotopic (exact) mass is 243 g/mol. The Morgan fingerprint density at radius 2 is 2.22 bits per heavy atom. The molecule has 1 aliphatic rings. The van der Waals surface area contributed by atoms with Crippen molar-refractivity contribution in [3.05, 3.63) is 29.8 Å².